The van der Waals surface area contributed by atoms with E-state index in [0.717, 1.165) is 5.56 Å². The third-order valence-electron chi connectivity index (χ3n) is 6.04. The van der Waals surface area contributed by atoms with Crippen molar-refractivity contribution in [2.75, 3.05) is 13.1 Å². The number of hydrogen-bond acceptors (Lipinski definition) is 5. The number of amides is 2. The molecule has 0 radical (unpaired) electrons. The van der Waals surface area contributed by atoms with E-state index in [-0.39, 0.29) is 35.5 Å². The second kappa shape index (κ2) is 6.60. The lowest BCUT2D eigenvalue weighted by Crippen LogP contribution is -2.48. The Balaban J connectivity index is 1.32. The molecule has 3 saturated heterocycles. The Hall–Kier alpha value is -2.38. The zero-order valence-electron chi connectivity index (χ0n) is 15.2. The third kappa shape index (κ3) is 2.72. The number of halogens is 1. The van der Waals surface area contributed by atoms with Gasteiger partial charge in [0.25, 0.3) is 0 Å². The summed E-state index contributed by atoms with van der Waals surface area (Å²) >= 11 is 5.76. The zero-order valence-corrected chi connectivity index (χ0v) is 16.0. The third-order valence-corrected chi connectivity index (χ3v) is 6.21. The first kappa shape index (κ1) is 17.7. The predicted molar refractivity (Wildman–Crippen MR) is 99.3 cm³/mol. The maximum atomic E-state index is 12.9. The Morgan fingerprint density at radius 1 is 1.32 bits per heavy atom. The van der Waals surface area contributed by atoms with E-state index in [1.807, 2.05) is 40.1 Å². The van der Waals surface area contributed by atoms with Gasteiger partial charge in [0.15, 0.2) is 10.9 Å². The summed E-state index contributed by atoms with van der Waals surface area (Å²) in [6.45, 7) is 1.13. The summed E-state index contributed by atoms with van der Waals surface area (Å²) < 4.78 is 11.5. The first-order valence-electron chi connectivity index (χ1n) is 9.50. The molecule has 28 heavy (non-hydrogen) atoms. The number of aromatic nitrogens is 1. The molecule has 1 spiro atoms. The molecule has 1 aromatic heterocycles. The summed E-state index contributed by atoms with van der Waals surface area (Å²) in [4.78, 5) is 29.2. The summed E-state index contributed by atoms with van der Waals surface area (Å²) in [5, 5.41) is 3.91. The summed E-state index contributed by atoms with van der Waals surface area (Å²) in [6, 6.07) is 11.3. The van der Waals surface area contributed by atoms with Crippen LogP contribution in [0, 0.1) is 0 Å². The highest BCUT2D eigenvalue weighted by molar-refractivity contribution is 6.29. The van der Waals surface area contributed by atoms with E-state index in [1.54, 1.807) is 6.07 Å². The summed E-state index contributed by atoms with van der Waals surface area (Å²) in [5.41, 5.74) is 0.368. The molecular formula is C20H20ClN3O4. The first-order valence-corrected chi connectivity index (χ1v) is 9.88. The molecule has 3 fully saturated rings. The molecule has 2 aromatic rings. The second-order valence-electron chi connectivity index (χ2n) is 7.54. The van der Waals surface area contributed by atoms with Crippen molar-refractivity contribution in [2.45, 2.75) is 43.6 Å². The first-order chi connectivity index (χ1) is 13.6. The van der Waals surface area contributed by atoms with Gasteiger partial charge in [0.1, 0.15) is 11.9 Å². The van der Waals surface area contributed by atoms with Crippen molar-refractivity contribution in [1.29, 1.82) is 0 Å². The zero-order chi connectivity index (χ0) is 19.3. The molecule has 0 aliphatic carbocycles. The molecule has 0 N–H and O–H groups in total. The van der Waals surface area contributed by atoms with Crippen LogP contribution in [0.5, 0.6) is 0 Å². The number of aryl methyl sites for hydroxylation is 1. The molecule has 0 bridgehead atoms. The van der Waals surface area contributed by atoms with Crippen LogP contribution in [0.1, 0.15) is 36.7 Å². The highest BCUT2D eigenvalue weighted by Crippen LogP contribution is 2.50. The van der Waals surface area contributed by atoms with Crippen molar-refractivity contribution in [3.63, 3.8) is 0 Å². The van der Waals surface area contributed by atoms with Gasteiger partial charge in [-0.3, -0.25) is 9.59 Å². The van der Waals surface area contributed by atoms with Gasteiger partial charge in [-0.25, -0.2) is 0 Å². The van der Waals surface area contributed by atoms with Crippen LogP contribution in [0.25, 0.3) is 0 Å². The van der Waals surface area contributed by atoms with Crippen molar-refractivity contribution in [2.24, 2.45) is 0 Å². The number of benzene rings is 1. The van der Waals surface area contributed by atoms with Crippen LogP contribution in [-0.2, 0) is 20.7 Å². The fraction of sp³-hybridized carbons (Fsp3) is 0.450. The number of hydrogen-bond donors (Lipinski definition) is 0. The standard InChI is InChI=1S/C20H20ClN3O4/c21-17-10-14(28-22-17)6-7-18(25)23-9-8-20-16(23)11-19(26)24(20)12-15(27-20)13-4-2-1-3-5-13/h1-5,10,15-16H,6-9,11-12H2/t15-,16+,20-/m0/s1. The number of rotatable bonds is 4. The lowest BCUT2D eigenvalue weighted by Gasteiger charge is -2.32. The number of nitrogens with zero attached hydrogens (tertiary/aromatic N) is 3. The number of carbonyl (C=O) groups is 2. The average molecular weight is 402 g/mol. The Morgan fingerprint density at radius 3 is 2.89 bits per heavy atom. The van der Waals surface area contributed by atoms with Crippen molar-refractivity contribution in [3.8, 4) is 0 Å². The van der Waals surface area contributed by atoms with Crippen LogP contribution in [-0.4, -0.2) is 51.6 Å². The molecule has 3 aliphatic rings. The van der Waals surface area contributed by atoms with E-state index in [2.05, 4.69) is 5.16 Å². The van der Waals surface area contributed by atoms with Gasteiger partial charge in [-0.1, -0.05) is 47.1 Å². The van der Waals surface area contributed by atoms with Crippen molar-refractivity contribution in [3.05, 3.63) is 52.9 Å². The lowest BCUT2D eigenvalue weighted by atomic mass is 10.1. The molecule has 2 amide bonds. The molecule has 3 aliphatic heterocycles. The van der Waals surface area contributed by atoms with Gasteiger partial charge in [0.05, 0.1) is 19.0 Å². The van der Waals surface area contributed by atoms with Crippen molar-refractivity contribution in [1.82, 2.24) is 15.0 Å². The van der Waals surface area contributed by atoms with Crippen LogP contribution in [0.4, 0.5) is 0 Å². The summed E-state index contributed by atoms with van der Waals surface area (Å²) in [6.07, 6.45) is 1.53. The van der Waals surface area contributed by atoms with Gasteiger partial charge in [-0.05, 0) is 5.56 Å². The van der Waals surface area contributed by atoms with Gasteiger partial charge >= 0.3 is 0 Å². The molecule has 0 unspecified atom stereocenters. The molecule has 7 nitrogen and oxygen atoms in total. The molecule has 0 saturated carbocycles. The summed E-state index contributed by atoms with van der Waals surface area (Å²) in [7, 11) is 0. The van der Waals surface area contributed by atoms with E-state index < -0.39 is 5.72 Å². The Labute approximate surface area is 167 Å². The molecule has 4 heterocycles. The molecule has 3 atom stereocenters. The van der Waals surface area contributed by atoms with Crippen molar-refractivity contribution >= 4 is 23.4 Å². The van der Waals surface area contributed by atoms with E-state index in [1.165, 1.54) is 0 Å². The largest absolute Gasteiger partial charge is 0.360 e. The summed E-state index contributed by atoms with van der Waals surface area (Å²) in [5.74, 6) is 0.636. The molecule has 1 aromatic carbocycles. The number of ether oxygens (including phenoxy) is 1. The van der Waals surface area contributed by atoms with Crippen molar-refractivity contribution < 1.29 is 18.8 Å². The average Bonchev–Trinajstić information content (AvgIpc) is 3.43. The quantitative estimate of drug-likeness (QED) is 0.787. The van der Waals surface area contributed by atoms with Gasteiger partial charge in [0.2, 0.25) is 11.8 Å². The minimum Gasteiger partial charge on any atom is -0.360 e. The van der Waals surface area contributed by atoms with E-state index >= 15 is 0 Å². The molecular weight excluding hydrogens is 382 g/mol. The topological polar surface area (TPSA) is 75.9 Å². The molecule has 146 valence electrons. The number of carbonyl (C=O) groups excluding carboxylic acids is 2. The normalized spacial score (nSPS) is 28.7. The van der Waals surface area contributed by atoms with Crippen LogP contribution < -0.4 is 0 Å². The number of likely N-dealkylation sites (tertiary alicyclic amines) is 1. The lowest BCUT2D eigenvalue weighted by molar-refractivity contribution is -0.142. The molecule has 8 heteroatoms. The van der Waals surface area contributed by atoms with E-state index in [9.17, 15) is 9.59 Å². The van der Waals surface area contributed by atoms with Crippen LogP contribution in [0.2, 0.25) is 5.15 Å². The second-order valence-corrected chi connectivity index (χ2v) is 7.93. The molecule has 5 rings (SSSR count). The van der Waals surface area contributed by atoms with Crippen LogP contribution in [0.15, 0.2) is 40.9 Å². The minimum absolute atomic E-state index is 0.00388. The van der Waals surface area contributed by atoms with Gasteiger partial charge in [-0.15, -0.1) is 0 Å². The fourth-order valence-corrected chi connectivity index (χ4v) is 4.90. The van der Waals surface area contributed by atoms with Gasteiger partial charge in [0, 0.05) is 31.9 Å². The Kier molecular flexibility index (Phi) is 4.17. The maximum absolute atomic E-state index is 12.9. The van der Waals surface area contributed by atoms with E-state index in [0.29, 0.717) is 38.1 Å². The monoisotopic (exact) mass is 401 g/mol. The fourth-order valence-electron chi connectivity index (χ4n) is 4.74. The smallest absolute Gasteiger partial charge is 0.227 e. The highest BCUT2D eigenvalue weighted by Gasteiger charge is 2.64. The Morgan fingerprint density at radius 2 is 2.14 bits per heavy atom. The predicted octanol–water partition coefficient (Wildman–Crippen LogP) is 2.56. The minimum atomic E-state index is -0.692. The van der Waals surface area contributed by atoms with Gasteiger partial charge < -0.3 is 19.1 Å². The van der Waals surface area contributed by atoms with Crippen LogP contribution in [0.3, 0.4) is 0 Å². The van der Waals surface area contributed by atoms with E-state index in [4.69, 9.17) is 20.9 Å². The maximum Gasteiger partial charge on any atom is 0.227 e. The highest BCUT2D eigenvalue weighted by atomic mass is 35.5. The SMILES string of the molecule is O=C(CCc1cc(Cl)no1)N1CC[C@@]23O[C@H](c4ccccc4)CN2C(=O)C[C@@H]13. The van der Waals surface area contributed by atoms with Crippen LogP contribution >= 0.6 is 11.6 Å². The van der Waals surface area contributed by atoms with Gasteiger partial charge in [-0.2, -0.15) is 0 Å². The Bertz CT molecular complexity index is 917.